The Morgan fingerprint density at radius 3 is 2.44 bits per heavy atom. The number of imide groups is 1. The number of methoxy groups -OCH3 is 1. The molecular formula is C25H33N3O4. The van der Waals surface area contributed by atoms with Crippen molar-refractivity contribution in [3.05, 3.63) is 58.4 Å². The van der Waals surface area contributed by atoms with Gasteiger partial charge in [-0.05, 0) is 51.3 Å². The summed E-state index contributed by atoms with van der Waals surface area (Å²) in [7, 11) is 1.64. The molecule has 1 aromatic heterocycles. The molecule has 7 heteroatoms. The monoisotopic (exact) mass is 439 g/mol. The highest BCUT2D eigenvalue weighted by Gasteiger charge is 2.49. The van der Waals surface area contributed by atoms with E-state index in [2.05, 4.69) is 12.2 Å². The number of carbonyl (C=O) groups is 3. The molecule has 2 aromatic rings. The van der Waals surface area contributed by atoms with Gasteiger partial charge in [-0.2, -0.15) is 0 Å². The van der Waals surface area contributed by atoms with Gasteiger partial charge in [-0.15, -0.1) is 0 Å². The lowest BCUT2D eigenvalue weighted by molar-refractivity contribution is -0.130. The second-order valence-corrected chi connectivity index (χ2v) is 8.78. The first kappa shape index (κ1) is 23.7. The number of hydrogen-bond donors (Lipinski definition) is 1. The summed E-state index contributed by atoms with van der Waals surface area (Å²) in [5, 5.41) is 2.78. The van der Waals surface area contributed by atoms with Crippen molar-refractivity contribution < 1.29 is 19.1 Å². The molecule has 7 nitrogen and oxygen atoms in total. The van der Waals surface area contributed by atoms with Crippen LogP contribution in [0.25, 0.3) is 0 Å². The highest BCUT2D eigenvalue weighted by Crippen LogP contribution is 2.30. The molecule has 2 unspecified atom stereocenters. The van der Waals surface area contributed by atoms with E-state index in [1.807, 2.05) is 55.7 Å². The van der Waals surface area contributed by atoms with Crippen LogP contribution in [0, 0.1) is 13.8 Å². The maximum Gasteiger partial charge on any atom is 0.325 e. The summed E-state index contributed by atoms with van der Waals surface area (Å²) in [5.74, 6) is -0.680. The minimum atomic E-state index is -1.19. The van der Waals surface area contributed by atoms with Gasteiger partial charge in [-0.3, -0.25) is 14.5 Å². The number of benzene rings is 1. The first-order valence-corrected chi connectivity index (χ1v) is 11.1. The van der Waals surface area contributed by atoms with Crippen molar-refractivity contribution in [2.75, 3.05) is 20.3 Å². The third-order valence-corrected chi connectivity index (χ3v) is 6.28. The molecule has 3 rings (SSSR count). The van der Waals surface area contributed by atoms with Gasteiger partial charge in [0.2, 0.25) is 0 Å². The zero-order valence-electron chi connectivity index (χ0n) is 19.8. The third-order valence-electron chi connectivity index (χ3n) is 6.28. The lowest BCUT2D eigenvalue weighted by Gasteiger charge is -2.22. The van der Waals surface area contributed by atoms with Gasteiger partial charge in [-0.1, -0.05) is 37.6 Å². The minimum absolute atomic E-state index is 0.0669. The van der Waals surface area contributed by atoms with Crippen LogP contribution in [0.2, 0.25) is 0 Å². The molecule has 1 fully saturated rings. The molecule has 172 valence electrons. The van der Waals surface area contributed by atoms with Gasteiger partial charge in [0, 0.05) is 24.1 Å². The van der Waals surface area contributed by atoms with Crippen molar-refractivity contribution in [2.45, 2.75) is 59.0 Å². The van der Waals surface area contributed by atoms with E-state index >= 15 is 0 Å². The van der Waals surface area contributed by atoms with E-state index in [4.69, 9.17) is 4.74 Å². The fourth-order valence-corrected chi connectivity index (χ4v) is 4.61. The lowest BCUT2D eigenvalue weighted by atomic mass is 9.91. The van der Waals surface area contributed by atoms with Crippen LogP contribution >= 0.6 is 0 Å². The zero-order chi connectivity index (χ0) is 23.6. The predicted molar refractivity (Wildman–Crippen MR) is 123 cm³/mol. The van der Waals surface area contributed by atoms with Crippen molar-refractivity contribution >= 4 is 17.7 Å². The Bertz CT molecular complexity index is 1020. The van der Waals surface area contributed by atoms with Crippen molar-refractivity contribution in [2.24, 2.45) is 0 Å². The van der Waals surface area contributed by atoms with Crippen LogP contribution in [0.3, 0.4) is 0 Å². The summed E-state index contributed by atoms with van der Waals surface area (Å²) in [4.78, 5) is 40.0. The molecule has 2 atom stereocenters. The molecule has 32 heavy (non-hydrogen) atoms. The van der Waals surface area contributed by atoms with Crippen molar-refractivity contribution in [1.29, 1.82) is 0 Å². The number of ether oxygens (including phenoxy) is 1. The minimum Gasteiger partial charge on any atom is -0.383 e. The zero-order valence-corrected chi connectivity index (χ0v) is 19.8. The first-order chi connectivity index (χ1) is 15.1. The van der Waals surface area contributed by atoms with Crippen LogP contribution in [-0.2, 0) is 21.5 Å². The number of amides is 3. The van der Waals surface area contributed by atoms with Crippen molar-refractivity contribution in [1.82, 2.24) is 14.8 Å². The molecule has 1 aliphatic heterocycles. The predicted octanol–water partition coefficient (Wildman–Crippen LogP) is 3.91. The molecule has 0 aliphatic carbocycles. The SMILES string of the molecule is CCCc1ccc(C2(C)NC(=O)N(CC(=O)c3cc(C)n(C(C)COC)c3C)C2=O)cc1. The topological polar surface area (TPSA) is 80.6 Å². The Hall–Kier alpha value is -2.93. The second-order valence-electron chi connectivity index (χ2n) is 8.78. The molecule has 0 spiro atoms. The van der Waals surface area contributed by atoms with Gasteiger partial charge in [-0.25, -0.2) is 4.79 Å². The molecule has 0 bridgehead atoms. The smallest absolute Gasteiger partial charge is 0.325 e. The average molecular weight is 440 g/mol. The molecular weight excluding hydrogens is 406 g/mol. The fraction of sp³-hybridized carbons (Fsp3) is 0.480. The van der Waals surface area contributed by atoms with Gasteiger partial charge in [0.1, 0.15) is 5.54 Å². The van der Waals surface area contributed by atoms with E-state index in [0.29, 0.717) is 17.7 Å². The normalized spacial score (nSPS) is 19.4. The van der Waals surface area contributed by atoms with Gasteiger partial charge in [0.05, 0.1) is 19.2 Å². The van der Waals surface area contributed by atoms with Crippen LogP contribution in [0.4, 0.5) is 4.79 Å². The highest BCUT2D eigenvalue weighted by atomic mass is 16.5. The summed E-state index contributed by atoms with van der Waals surface area (Å²) >= 11 is 0. The van der Waals surface area contributed by atoms with Crippen molar-refractivity contribution in [3.63, 3.8) is 0 Å². The number of rotatable bonds is 9. The Labute approximate surface area is 189 Å². The molecule has 0 saturated carbocycles. The van der Waals surface area contributed by atoms with Crippen molar-refractivity contribution in [3.8, 4) is 0 Å². The average Bonchev–Trinajstić information content (AvgIpc) is 3.16. The number of urea groups is 1. The summed E-state index contributed by atoms with van der Waals surface area (Å²) in [6.07, 6.45) is 1.99. The number of nitrogens with one attached hydrogen (secondary N) is 1. The lowest BCUT2D eigenvalue weighted by Crippen LogP contribution is -2.41. The van der Waals surface area contributed by atoms with E-state index in [9.17, 15) is 14.4 Å². The van der Waals surface area contributed by atoms with Crippen LogP contribution in [0.5, 0.6) is 0 Å². The number of ketones is 1. The van der Waals surface area contributed by atoms with E-state index < -0.39 is 17.5 Å². The van der Waals surface area contributed by atoms with Crippen LogP contribution in [0.1, 0.15) is 66.1 Å². The standard InChI is InChI=1S/C25H33N3O4/c1-7-8-19-9-11-20(12-10-19)25(5)23(30)27(24(31)26-25)14-22(29)21-13-16(2)28(18(21)4)17(3)15-32-6/h9-13,17H,7-8,14-15H2,1-6H3,(H,26,31). The van der Waals surface area contributed by atoms with Crippen LogP contribution in [0.15, 0.2) is 30.3 Å². The fourth-order valence-electron chi connectivity index (χ4n) is 4.61. The van der Waals surface area contributed by atoms with E-state index in [1.165, 1.54) is 5.56 Å². The Morgan fingerprint density at radius 1 is 1.19 bits per heavy atom. The summed E-state index contributed by atoms with van der Waals surface area (Å²) in [6.45, 7) is 9.85. The maximum absolute atomic E-state index is 13.2. The van der Waals surface area contributed by atoms with Gasteiger partial charge in [0.15, 0.2) is 5.78 Å². The summed E-state index contributed by atoms with van der Waals surface area (Å²) in [5.41, 5.74) is 2.96. The number of hydrogen-bond acceptors (Lipinski definition) is 4. The molecule has 1 aromatic carbocycles. The third kappa shape index (κ3) is 4.21. The maximum atomic E-state index is 13.2. The quantitative estimate of drug-likeness (QED) is 0.474. The Kier molecular flexibility index (Phi) is 6.88. The largest absolute Gasteiger partial charge is 0.383 e. The number of nitrogens with zero attached hydrogens (tertiary/aromatic N) is 2. The van der Waals surface area contributed by atoms with Crippen LogP contribution in [-0.4, -0.2) is 47.4 Å². The number of aryl methyl sites for hydroxylation is 2. The summed E-state index contributed by atoms with van der Waals surface area (Å²) < 4.78 is 7.29. The summed E-state index contributed by atoms with van der Waals surface area (Å²) in [6, 6.07) is 9.04. The number of aromatic nitrogens is 1. The Morgan fingerprint density at radius 2 is 1.84 bits per heavy atom. The van der Waals surface area contributed by atoms with Gasteiger partial charge >= 0.3 is 6.03 Å². The van der Waals surface area contributed by atoms with E-state index in [0.717, 1.165) is 29.1 Å². The molecule has 1 N–H and O–H groups in total. The molecule has 3 amide bonds. The molecule has 1 aliphatic rings. The molecule has 1 saturated heterocycles. The first-order valence-electron chi connectivity index (χ1n) is 11.1. The van der Waals surface area contributed by atoms with Gasteiger partial charge < -0.3 is 14.6 Å². The highest BCUT2D eigenvalue weighted by molar-refractivity contribution is 6.11. The number of carbonyl (C=O) groups excluding carboxylic acids is 3. The number of Topliss-reactive ketones (excluding diaryl/α,β-unsaturated/α-hetero) is 1. The van der Waals surface area contributed by atoms with Gasteiger partial charge in [0.25, 0.3) is 5.91 Å². The van der Waals surface area contributed by atoms with E-state index in [1.54, 1.807) is 14.0 Å². The van der Waals surface area contributed by atoms with E-state index in [-0.39, 0.29) is 18.4 Å². The molecule has 2 heterocycles. The second kappa shape index (κ2) is 9.28. The Balaban J connectivity index is 1.81. The van der Waals surface area contributed by atoms with Crippen LogP contribution < -0.4 is 5.32 Å². The molecule has 0 radical (unpaired) electrons.